The second-order valence-corrected chi connectivity index (χ2v) is 9.65. The fourth-order valence-electron chi connectivity index (χ4n) is 4.63. The van der Waals surface area contributed by atoms with Gasteiger partial charge in [0.1, 0.15) is 12.4 Å². The highest BCUT2D eigenvalue weighted by atomic mass is 32.1. The minimum absolute atomic E-state index is 0.0223. The Bertz CT molecular complexity index is 1180. The van der Waals surface area contributed by atoms with Gasteiger partial charge in [0, 0.05) is 31.2 Å². The second-order valence-electron chi connectivity index (χ2n) is 8.65. The van der Waals surface area contributed by atoms with E-state index in [9.17, 15) is 14.0 Å². The van der Waals surface area contributed by atoms with Gasteiger partial charge in [-0.25, -0.2) is 4.39 Å². The van der Waals surface area contributed by atoms with Crippen molar-refractivity contribution in [2.45, 2.75) is 32.7 Å². The molecule has 0 N–H and O–H groups in total. The molecule has 7 heteroatoms. The molecule has 2 heterocycles. The molecule has 1 atom stereocenters. The molecular formula is C28H31FN2O3S. The molecule has 1 unspecified atom stereocenters. The average Bonchev–Trinajstić information content (AvgIpc) is 3.34. The normalized spacial score (nSPS) is 15.1. The van der Waals surface area contributed by atoms with Crippen molar-refractivity contribution in [3.8, 4) is 0 Å². The van der Waals surface area contributed by atoms with Crippen molar-refractivity contribution in [2.75, 3.05) is 32.8 Å². The van der Waals surface area contributed by atoms with Gasteiger partial charge in [-0.3, -0.25) is 9.59 Å². The van der Waals surface area contributed by atoms with Crippen LogP contribution in [0.4, 0.5) is 4.39 Å². The maximum Gasteiger partial charge on any atom is 0.257 e. The number of amides is 2. The highest BCUT2D eigenvalue weighted by Crippen LogP contribution is 2.39. The van der Waals surface area contributed by atoms with E-state index in [1.807, 2.05) is 24.0 Å². The lowest BCUT2D eigenvalue weighted by Gasteiger charge is -2.38. The first kappa shape index (κ1) is 25.1. The van der Waals surface area contributed by atoms with Crippen molar-refractivity contribution in [2.24, 2.45) is 0 Å². The van der Waals surface area contributed by atoms with E-state index in [0.717, 1.165) is 23.1 Å². The lowest BCUT2D eigenvalue weighted by atomic mass is 9.90. The van der Waals surface area contributed by atoms with Crippen LogP contribution in [0.15, 0.2) is 60.0 Å². The summed E-state index contributed by atoms with van der Waals surface area (Å²) in [6.45, 7) is 5.79. The second kappa shape index (κ2) is 11.6. The molecule has 35 heavy (non-hydrogen) atoms. The Morgan fingerprint density at radius 2 is 1.89 bits per heavy atom. The summed E-state index contributed by atoms with van der Waals surface area (Å²) in [5.74, 6) is -1.21. The molecule has 1 aliphatic heterocycles. The summed E-state index contributed by atoms with van der Waals surface area (Å²) in [6.07, 6.45) is 1.35. The molecule has 0 spiro atoms. The summed E-state index contributed by atoms with van der Waals surface area (Å²) in [6, 6.07) is 15.9. The smallest absolute Gasteiger partial charge is 0.257 e. The van der Waals surface area contributed by atoms with E-state index in [0.29, 0.717) is 32.7 Å². The molecule has 5 nitrogen and oxygen atoms in total. The third-order valence-corrected chi connectivity index (χ3v) is 7.40. The first-order valence-electron chi connectivity index (χ1n) is 12.0. The molecule has 0 saturated carbocycles. The zero-order valence-electron chi connectivity index (χ0n) is 20.2. The number of thiophene rings is 1. The summed E-state index contributed by atoms with van der Waals surface area (Å²) in [4.78, 5) is 31.7. The Balaban J connectivity index is 1.61. The largest absolute Gasteiger partial charge is 0.382 e. The highest BCUT2D eigenvalue weighted by molar-refractivity contribution is 7.10. The van der Waals surface area contributed by atoms with Crippen molar-refractivity contribution in [1.29, 1.82) is 0 Å². The van der Waals surface area contributed by atoms with Gasteiger partial charge in [-0.1, -0.05) is 36.4 Å². The van der Waals surface area contributed by atoms with Gasteiger partial charge in [0.05, 0.1) is 11.6 Å². The molecule has 4 rings (SSSR count). The Kier molecular flexibility index (Phi) is 8.31. The van der Waals surface area contributed by atoms with E-state index in [4.69, 9.17) is 4.74 Å². The van der Waals surface area contributed by atoms with Crippen molar-refractivity contribution >= 4 is 23.2 Å². The van der Waals surface area contributed by atoms with Crippen LogP contribution in [0.2, 0.25) is 0 Å². The highest BCUT2D eigenvalue weighted by Gasteiger charge is 2.34. The maximum atomic E-state index is 14.4. The Labute approximate surface area is 210 Å². The molecule has 184 valence electrons. The van der Waals surface area contributed by atoms with E-state index in [1.165, 1.54) is 21.9 Å². The number of carbonyl (C=O) groups is 2. The Hall–Kier alpha value is -3.03. The van der Waals surface area contributed by atoms with Gasteiger partial charge in [-0.05, 0) is 67.0 Å². The number of nitrogens with zero attached hydrogens (tertiary/aromatic N) is 2. The predicted molar refractivity (Wildman–Crippen MR) is 136 cm³/mol. The first-order chi connectivity index (χ1) is 17.0. The zero-order valence-corrected chi connectivity index (χ0v) is 21.0. The van der Waals surface area contributed by atoms with E-state index < -0.39 is 11.7 Å². The molecule has 1 aliphatic rings. The first-order valence-corrected chi connectivity index (χ1v) is 12.9. The number of hydrogen-bond acceptors (Lipinski definition) is 4. The van der Waals surface area contributed by atoms with Gasteiger partial charge in [-0.2, -0.15) is 0 Å². The predicted octanol–water partition coefficient (Wildman–Crippen LogP) is 5.24. The molecule has 0 saturated heterocycles. The minimum Gasteiger partial charge on any atom is -0.382 e. The Morgan fingerprint density at radius 3 is 2.66 bits per heavy atom. The molecule has 2 amide bonds. The molecule has 3 aromatic rings. The van der Waals surface area contributed by atoms with E-state index in [1.54, 1.807) is 23.5 Å². The number of ether oxygens (including phenoxy) is 1. The molecular weight excluding hydrogens is 463 g/mol. The summed E-state index contributed by atoms with van der Waals surface area (Å²) in [5.41, 5.74) is 3.33. The number of halogens is 1. The Morgan fingerprint density at radius 1 is 1.11 bits per heavy atom. The standard InChI is InChI=1S/C28H31FN2O3S/c1-3-34-17-8-15-30(28(33)22-11-6-7-12-24(22)29)19-26(32)31-16-13-25-23(14-18-35-25)27(31)21-10-5-4-9-20(21)2/h4-7,9-12,14,18,27H,3,8,13,15-17,19H2,1-2H3. The van der Waals surface area contributed by atoms with Gasteiger partial charge in [0.25, 0.3) is 5.91 Å². The summed E-state index contributed by atoms with van der Waals surface area (Å²) in [5, 5.41) is 2.08. The zero-order chi connectivity index (χ0) is 24.8. The number of fused-ring (bicyclic) bond motifs is 1. The van der Waals surface area contributed by atoms with E-state index >= 15 is 0 Å². The van der Waals surface area contributed by atoms with Crippen LogP contribution in [-0.4, -0.2) is 54.5 Å². The number of rotatable bonds is 9. The maximum absolute atomic E-state index is 14.4. The molecule has 2 aromatic carbocycles. The van der Waals surface area contributed by atoms with Gasteiger partial charge in [-0.15, -0.1) is 11.3 Å². The van der Waals surface area contributed by atoms with Crippen LogP contribution in [0.5, 0.6) is 0 Å². The molecule has 0 radical (unpaired) electrons. The van der Waals surface area contributed by atoms with Crippen molar-refractivity contribution < 1.29 is 18.7 Å². The van der Waals surface area contributed by atoms with Crippen molar-refractivity contribution in [1.82, 2.24) is 9.80 Å². The summed E-state index contributed by atoms with van der Waals surface area (Å²) in [7, 11) is 0. The number of benzene rings is 2. The SMILES string of the molecule is CCOCCCN(CC(=O)N1CCc2sccc2C1c1ccccc1C)C(=O)c1ccccc1F. The minimum atomic E-state index is -0.585. The van der Waals surface area contributed by atoms with Crippen LogP contribution in [0.1, 0.15) is 51.3 Å². The van der Waals surface area contributed by atoms with Crippen molar-refractivity contribution in [3.05, 3.63) is 92.9 Å². The van der Waals surface area contributed by atoms with Gasteiger partial charge >= 0.3 is 0 Å². The topological polar surface area (TPSA) is 49.9 Å². The van der Waals surface area contributed by atoms with Crippen LogP contribution in [-0.2, 0) is 16.0 Å². The van der Waals surface area contributed by atoms with Crippen LogP contribution >= 0.6 is 11.3 Å². The molecule has 0 bridgehead atoms. The van der Waals surface area contributed by atoms with Gasteiger partial charge in [0.15, 0.2) is 0 Å². The molecule has 1 aromatic heterocycles. The van der Waals surface area contributed by atoms with E-state index in [2.05, 4.69) is 30.5 Å². The van der Waals surface area contributed by atoms with Gasteiger partial charge in [0.2, 0.25) is 5.91 Å². The number of carbonyl (C=O) groups excluding carboxylic acids is 2. The third kappa shape index (κ3) is 5.63. The average molecular weight is 495 g/mol. The lowest BCUT2D eigenvalue weighted by Crippen LogP contribution is -2.47. The number of aryl methyl sites for hydroxylation is 1. The summed E-state index contributed by atoms with van der Waals surface area (Å²) < 4.78 is 19.9. The molecule has 0 aliphatic carbocycles. The third-order valence-electron chi connectivity index (χ3n) is 6.41. The van der Waals surface area contributed by atoms with Gasteiger partial charge < -0.3 is 14.5 Å². The van der Waals surface area contributed by atoms with Crippen LogP contribution < -0.4 is 0 Å². The van der Waals surface area contributed by atoms with Crippen LogP contribution in [0.3, 0.4) is 0 Å². The molecule has 0 fully saturated rings. The summed E-state index contributed by atoms with van der Waals surface area (Å²) >= 11 is 1.72. The van der Waals surface area contributed by atoms with Crippen LogP contribution in [0.25, 0.3) is 0 Å². The monoisotopic (exact) mass is 494 g/mol. The quantitative estimate of drug-likeness (QED) is 0.383. The van der Waals surface area contributed by atoms with E-state index in [-0.39, 0.29) is 24.1 Å². The fraction of sp³-hybridized carbons (Fsp3) is 0.357. The number of hydrogen-bond donors (Lipinski definition) is 0. The van der Waals surface area contributed by atoms with Crippen molar-refractivity contribution in [3.63, 3.8) is 0 Å². The lowest BCUT2D eigenvalue weighted by molar-refractivity contribution is -0.134. The fourth-order valence-corrected chi connectivity index (χ4v) is 5.53. The van der Waals surface area contributed by atoms with Crippen LogP contribution in [0, 0.1) is 12.7 Å².